The van der Waals surface area contributed by atoms with Gasteiger partial charge in [0.05, 0.1) is 15.9 Å². The molecule has 5 nitrogen and oxygen atoms in total. The molecule has 0 radical (unpaired) electrons. The van der Waals surface area contributed by atoms with E-state index in [1.807, 2.05) is 0 Å². The van der Waals surface area contributed by atoms with E-state index < -0.39 is 39.0 Å². The van der Waals surface area contributed by atoms with Gasteiger partial charge < -0.3 is 4.42 Å². The lowest BCUT2D eigenvalue weighted by molar-refractivity contribution is -0.386. The number of nitro groups is 1. The minimum atomic E-state index is -1.05. The predicted molar refractivity (Wildman–Crippen MR) is 74.5 cm³/mol. The van der Waals surface area contributed by atoms with E-state index >= 15 is 0 Å². The smallest absolute Gasteiger partial charge is 0.359 e. The first-order chi connectivity index (χ1) is 10.5. The second-order valence-electron chi connectivity index (χ2n) is 4.46. The summed E-state index contributed by atoms with van der Waals surface area (Å²) in [5, 5.41) is 11.2. The van der Waals surface area contributed by atoms with Crippen molar-refractivity contribution in [3.8, 4) is 11.3 Å². The summed E-state index contributed by atoms with van der Waals surface area (Å²) in [6, 6.07) is 8.75. The normalized spacial score (nSPS) is 10.8. The maximum absolute atomic E-state index is 13.9. The van der Waals surface area contributed by atoms with Crippen LogP contribution < -0.4 is 5.43 Å². The highest BCUT2D eigenvalue weighted by molar-refractivity contribution is 5.83. The van der Waals surface area contributed by atoms with Gasteiger partial charge in [0.15, 0.2) is 0 Å². The van der Waals surface area contributed by atoms with Crippen LogP contribution in [0.3, 0.4) is 0 Å². The molecule has 0 spiro atoms. The topological polar surface area (TPSA) is 73.3 Å². The summed E-state index contributed by atoms with van der Waals surface area (Å²) in [4.78, 5) is 22.4. The van der Waals surface area contributed by atoms with E-state index in [9.17, 15) is 23.7 Å². The maximum Gasteiger partial charge on any atom is 0.359 e. The van der Waals surface area contributed by atoms with Gasteiger partial charge in [-0.3, -0.25) is 14.9 Å². The Bertz CT molecular complexity index is 945. The molecule has 0 aliphatic rings. The lowest BCUT2D eigenvalue weighted by Crippen LogP contribution is -2.11. The Balaban J connectivity index is 2.51. The van der Waals surface area contributed by atoms with Crippen LogP contribution in [0.1, 0.15) is 0 Å². The molecule has 7 heteroatoms. The van der Waals surface area contributed by atoms with Crippen LogP contribution in [0, 0.1) is 21.7 Å². The molecule has 0 unspecified atom stereocenters. The van der Waals surface area contributed by atoms with Crippen LogP contribution in [0.15, 0.2) is 51.7 Å². The van der Waals surface area contributed by atoms with Gasteiger partial charge in [-0.05, 0) is 24.3 Å². The van der Waals surface area contributed by atoms with Gasteiger partial charge in [-0.1, -0.05) is 18.2 Å². The summed E-state index contributed by atoms with van der Waals surface area (Å²) < 4.78 is 33.0. The molecule has 0 N–H and O–H groups in total. The van der Waals surface area contributed by atoms with Gasteiger partial charge in [0.1, 0.15) is 17.2 Å². The molecule has 1 heterocycles. The fraction of sp³-hybridized carbons (Fsp3) is 0. The molecule has 0 fully saturated rings. The quantitative estimate of drug-likeness (QED) is 0.535. The standard InChI is InChI=1S/C15H7F2NO4/c16-9-5-3-6-10(17)12(9)15-13(18(20)21)14(19)8-4-1-2-7-11(8)22-15/h1-7H. The predicted octanol–water partition coefficient (Wildman–Crippen LogP) is 3.65. The van der Waals surface area contributed by atoms with Crippen LogP contribution in [0.25, 0.3) is 22.3 Å². The largest absolute Gasteiger partial charge is 0.448 e. The summed E-state index contributed by atoms with van der Waals surface area (Å²) >= 11 is 0. The van der Waals surface area contributed by atoms with E-state index in [0.717, 1.165) is 18.2 Å². The molecule has 0 atom stereocenters. The maximum atomic E-state index is 13.9. The number of rotatable bonds is 2. The average molecular weight is 303 g/mol. The Labute approximate surface area is 121 Å². The summed E-state index contributed by atoms with van der Waals surface area (Å²) in [5.41, 5.74) is -2.68. The highest BCUT2D eigenvalue weighted by atomic mass is 19.1. The number of hydrogen-bond acceptors (Lipinski definition) is 4. The fourth-order valence-electron chi connectivity index (χ4n) is 2.18. The molecule has 2 aromatic carbocycles. The highest BCUT2D eigenvalue weighted by Crippen LogP contribution is 2.33. The molecule has 110 valence electrons. The van der Waals surface area contributed by atoms with Crippen LogP contribution >= 0.6 is 0 Å². The summed E-state index contributed by atoms with van der Waals surface area (Å²) in [5.74, 6) is -2.84. The van der Waals surface area contributed by atoms with Crippen LogP contribution in [0.4, 0.5) is 14.5 Å². The van der Waals surface area contributed by atoms with Crippen molar-refractivity contribution in [2.24, 2.45) is 0 Å². The average Bonchev–Trinajstić information content (AvgIpc) is 2.47. The molecule has 0 amide bonds. The molecule has 1 aromatic heterocycles. The third-order valence-corrected chi connectivity index (χ3v) is 3.15. The van der Waals surface area contributed by atoms with Crippen molar-refractivity contribution in [1.29, 1.82) is 0 Å². The number of halogens is 2. The zero-order valence-corrected chi connectivity index (χ0v) is 10.9. The third kappa shape index (κ3) is 2.03. The SMILES string of the molecule is O=c1c([N+](=O)[O-])c(-c2c(F)cccc2F)oc2ccccc12. The lowest BCUT2D eigenvalue weighted by atomic mass is 10.1. The minimum absolute atomic E-state index is 0.00996. The second kappa shape index (κ2) is 5.03. The van der Waals surface area contributed by atoms with Crippen molar-refractivity contribution >= 4 is 16.7 Å². The lowest BCUT2D eigenvalue weighted by Gasteiger charge is -2.06. The van der Waals surface area contributed by atoms with Crippen LogP contribution in [0.2, 0.25) is 0 Å². The van der Waals surface area contributed by atoms with Crippen molar-refractivity contribution in [2.45, 2.75) is 0 Å². The van der Waals surface area contributed by atoms with Gasteiger partial charge in [0.25, 0.3) is 5.43 Å². The van der Waals surface area contributed by atoms with Gasteiger partial charge >= 0.3 is 5.69 Å². The summed E-state index contributed by atoms with van der Waals surface area (Å²) in [6.07, 6.45) is 0. The van der Waals surface area contributed by atoms with E-state index in [1.54, 1.807) is 6.07 Å². The van der Waals surface area contributed by atoms with Gasteiger partial charge in [-0.2, -0.15) is 0 Å². The zero-order chi connectivity index (χ0) is 15.9. The number of para-hydroxylation sites is 1. The fourth-order valence-corrected chi connectivity index (χ4v) is 2.18. The Morgan fingerprint density at radius 2 is 1.64 bits per heavy atom. The molecule has 3 rings (SSSR count). The van der Waals surface area contributed by atoms with Crippen molar-refractivity contribution in [3.05, 3.63) is 74.4 Å². The molecule has 0 aliphatic heterocycles. The zero-order valence-electron chi connectivity index (χ0n) is 10.9. The van der Waals surface area contributed by atoms with E-state index in [4.69, 9.17) is 4.42 Å². The van der Waals surface area contributed by atoms with Crippen molar-refractivity contribution in [1.82, 2.24) is 0 Å². The van der Waals surface area contributed by atoms with Crippen molar-refractivity contribution < 1.29 is 18.1 Å². The first kappa shape index (κ1) is 13.9. The molecular weight excluding hydrogens is 296 g/mol. The summed E-state index contributed by atoms with van der Waals surface area (Å²) in [6.45, 7) is 0. The first-order valence-electron chi connectivity index (χ1n) is 6.15. The van der Waals surface area contributed by atoms with Gasteiger partial charge in [-0.25, -0.2) is 8.78 Å². The van der Waals surface area contributed by atoms with E-state index in [-0.39, 0.29) is 11.0 Å². The molecule has 0 saturated heterocycles. The Kier molecular flexibility index (Phi) is 3.17. The molecule has 3 aromatic rings. The van der Waals surface area contributed by atoms with Crippen LogP contribution in [0.5, 0.6) is 0 Å². The van der Waals surface area contributed by atoms with Gasteiger partial charge in [0.2, 0.25) is 5.76 Å². The van der Waals surface area contributed by atoms with Crippen LogP contribution in [-0.4, -0.2) is 4.92 Å². The molecule has 0 saturated carbocycles. The monoisotopic (exact) mass is 303 g/mol. The molecule has 0 bridgehead atoms. The number of fused-ring (bicyclic) bond motifs is 1. The van der Waals surface area contributed by atoms with E-state index in [1.165, 1.54) is 18.2 Å². The van der Waals surface area contributed by atoms with Crippen LogP contribution in [-0.2, 0) is 0 Å². The molecule has 22 heavy (non-hydrogen) atoms. The molecule has 0 aliphatic carbocycles. The Morgan fingerprint density at radius 1 is 1.00 bits per heavy atom. The van der Waals surface area contributed by atoms with E-state index in [0.29, 0.717) is 0 Å². The number of benzene rings is 2. The van der Waals surface area contributed by atoms with Gasteiger partial charge in [-0.15, -0.1) is 0 Å². The summed E-state index contributed by atoms with van der Waals surface area (Å²) in [7, 11) is 0. The second-order valence-corrected chi connectivity index (χ2v) is 4.46. The third-order valence-electron chi connectivity index (χ3n) is 3.15. The number of nitrogens with zero attached hydrogens (tertiary/aromatic N) is 1. The Morgan fingerprint density at radius 3 is 2.27 bits per heavy atom. The number of hydrogen-bond donors (Lipinski definition) is 0. The molecular formula is C15H7F2NO4. The van der Waals surface area contributed by atoms with E-state index in [2.05, 4.69) is 0 Å². The Hall–Kier alpha value is -3.09. The minimum Gasteiger partial charge on any atom is -0.448 e. The van der Waals surface area contributed by atoms with Crippen molar-refractivity contribution in [2.75, 3.05) is 0 Å². The highest BCUT2D eigenvalue weighted by Gasteiger charge is 2.29. The van der Waals surface area contributed by atoms with Crippen molar-refractivity contribution in [3.63, 3.8) is 0 Å². The van der Waals surface area contributed by atoms with Gasteiger partial charge in [0, 0.05) is 0 Å². The first-order valence-corrected chi connectivity index (χ1v) is 6.15.